The molecule has 0 aliphatic carbocycles. The van der Waals surface area contributed by atoms with E-state index < -0.39 is 11.7 Å². The summed E-state index contributed by atoms with van der Waals surface area (Å²) in [6.45, 7) is -0.530. The van der Waals surface area contributed by atoms with E-state index in [2.05, 4.69) is 5.32 Å². The molecule has 0 bridgehead atoms. The lowest BCUT2D eigenvalue weighted by atomic mass is 10.1. The van der Waals surface area contributed by atoms with Crippen LogP contribution in [0.2, 0.25) is 0 Å². The van der Waals surface area contributed by atoms with Gasteiger partial charge in [-0.05, 0) is 6.08 Å². The lowest BCUT2D eigenvalue weighted by Gasteiger charge is -2.17. The van der Waals surface area contributed by atoms with E-state index in [9.17, 15) is 13.2 Å². The predicted octanol–water partition coefficient (Wildman–Crippen LogP) is 0.954. The second-order valence-corrected chi connectivity index (χ2v) is 2.39. The van der Waals surface area contributed by atoms with Crippen LogP contribution in [0, 0.1) is 0 Å². The summed E-state index contributed by atoms with van der Waals surface area (Å²) in [5.74, 6) is 0. The van der Waals surface area contributed by atoms with Gasteiger partial charge in [0.1, 0.15) is 0 Å². The van der Waals surface area contributed by atoms with Gasteiger partial charge in [-0.3, -0.25) is 0 Å². The summed E-state index contributed by atoms with van der Waals surface area (Å²) < 4.78 is 35.9. The minimum absolute atomic E-state index is 0.262. The summed E-state index contributed by atoms with van der Waals surface area (Å²) in [6.07, 6.45) is -2.07. The van der Waals surface area contributed by atoms with Crippen molar-refractivity contribution in [2.24, 2.45) is 0 Å². The Labute approximate surface area is 67.4 Å². The SMILES string of the molecule is OCC1=CC=C(C(F)(F)F)CN1. The maximum Gasteiger partial charge on any atom is 0.414 e. The molecule has 0 spiro atoms. The average Bonchev–Trinajstić information content (AvgIpc) is 2.03. The van der Waals surface area contributed by atoms with E-state index in [-0.39, 0.29) is 13.2 Å². The van der Waals surface area contributed by atoms with Crippen LogP contribution in [0.25, 0.3) is 0 Å². The number of dihydropyridines is 1. The lowest BCUT2D eigenvalue weighted by molar-refractivity contribution is -0.0929. The Morgan fingerprint density at radius 1 is 1.42 bits per heavy atom. The molecule has 5 heteroatoms. The smallest absolute Gasteiger partial charge is 0.390 e. The van der Waals surface area contributed by atoms with Gasteiger partial charge in [0.05, 0.1) is 12.2 Å². The molecule has 0 aromatic carbocycles. The zero-order chi connectivity index (χ0) is 9.19. The van der Waals surface area contributed by atoms with Crippen LogP contribution in [0.1, 0.15) is 0 Å². The first-order chi connectivity index (χ1) is 5.54. The molecular formula is C7H8F3NO. The van der Waals surface area contributed by atoms with Gasteiger partial charge in [0, 0.05) is 12.2 Å². The molecular weight excluding hydrogens is 171 g/mol. The number of allylic oxidation sites excluding steroid dienone is 2. The van der Waals surface area contributed by atoms with Gasteiger partial charge in [0.15, 0.2) is 0 Å². The fourth-order valence-electron chi connectivity index (χ4n) is 0.831. The van der Waals surface area contributed by atoms with Crippen molar-refractivity contribution in [2.75, 3.05) is 13.2 Å². The number of rotatable bonds is 1. The Bertz CT molecular complexity index is 229. The van der Waals surface area contributed by atoms with Gasteiger partial charge in [-0.15, -0.1) is 0 Å². The van der Waals surface area contributed by atoms with Crippen molar-refractivity contribution in [1.29, 1.82) is 0 Å². The molecule has 2 nitrogen and oxygen atoms in total. The third-order valence-electron chi connectivity index (χ3n) is 1.53. The second-order valence-electron chi connectivity index (χ2n) is 2.39. The number of hydrogen-bond donors (Lipinski definition) is 2. The summed E-state index contributed by atoms with van der Waals surface area (Å²) in [5.41, 5.74) is -0.220. The van der Waals surface area contributed by atoms with Crippen molar-refractivity contribution in [3.8, 4) is 0 Å². The van der Waals surface area contributed by atoms with E-state index in [4.69, 9.17) is 5.11 Å². The number of halogens is 3. The third-order valence-corrected chi connectivity index (χ3v) is 1.53. The average molecular weight is 179 g/mol. The molecule has 0 fully saturated rings. The van der Waals surface area contributed by atoms with Gasteiger partial charge >= 0.3 is 6.18 Å². The minimum Gasteiger partial charge on any atom is -0.390 e. The molecule has 12 heavy (non-hydrogen) atoms. The number of nitrogens with one attached hydrogen (secondary N) is 1. The molecule has 68 valence electrons. The van der Waals surface area contributed by atoms with Gasteiger partial charge in [-0.2, -0.15) is 13.2 Å². The van der Waals surface area contributed by atoms with Crippen molar-refractivity contribution in [3.05, 3.63) is 23.4 Å². The van der Waals surface area contributed by atoms with Crippen molar-refractivity contribution in [1.82, 2.24) is 5.32 Å². The van der Waals surface area contributed by atoms with Gasteiger partial charge < -0.3 is 10.4 Å². The van der Waals surface area contributed by atoms with Crippen LogP contribution in [-0.2, 0) is 0 Å². The van der Waals surface area contributed by atoms with E-state index in [1.165, 1.54) is 6.08 Å². The quantitative estimate of drug-likeness (QED) is 0.628. The highest BCUT2D eigenvalue weighted by Gasteiger charge is 2.33. The number of alkyl halides is 3. The summed E-state index contributed by atoms with van der Waals surface area (Å²) in [7, 11) is 0. The van der Waals surface area contributed by atoms with Crippen molar-refractivity contribution < 1.29 is 18.3 Å². The highest BCUT2D eigenvalue weighted by atomic mass is 19.4. The highest BCUT2D eigenvalue weighted by Crippen LogP contribution is 2.26. The summed E-state index contributed by atoms with van der Waals surface area (Å²) >= 11 is 0. The maximum atomic E-state index is 12.0. The lowest BCUT2D eigenvalue weighted by Crippen LogP contribution is -2.28. The molecule has 0 radical (unpaired) electrons. The summed E-state index contributed by atoms with van der Waals surface area (Å²) in [4.78, 5) is 0. The van der Waals surface area contributed by atoms with Gasteiger partial charge in [0.25, 0.3) is 0 Å². The Morgan fingerprint density at radius 2 is 2.08 bits per heavy atom. The topological polar surface area (TPSA) is 32.3 Å². The van der Waals surface area contributed by atoms with Gasteiger partial charge in [-0.1, -0.05) is 6.08 Å². The molecule has 1 aliphatic rings. The second kappa shape index (κ2) is 3.18. The predicted molar refractivity (Wildman–Crippen MR) is 37.3 cm³/mol. The van der Waals surface area contributed by atoms with Crippen molar-refractivity contribution >= 4 is 0 Å². The fourth-order valence-corrected chi connectivity index (χ4v) is 0.831. The Hall–Kier alpha value is -0.970. The fraction of sp³-hybridized carbons (Fsp3) is 0.429. The molecule has 1 aliphatic heterocycles. The molecule has 0 aromatic heterocycles. The maximum absolute atomic E-state index is 12.0. The Kier molecular flexibility index (Phi) is 2.42. The summed E-state index contributed by atoms with van der Waals surface area (Å²) in [5, 5.41) is 11.0. The van der Waals surface area contributed by atoms with E-state index in [1.54, 1.807) is 0 Å². The molecule has 2 N–H and O–H groups in total. The van der Waals surface area contributed by atoms with E-state index >= 15 is 0 Å². The zero-order valence-corrected chi connectivity index (χ0v) is 6.15. The summed E-state index contributed by atoms with van der Waals surface area (Å²) in [6, 6.07) is 0. The largest absolute Gasteiger partial charge is 0.414 e. The minimum atomic E-state index is -4.27. The first-order valence-corrected chi connectivity index (χ1v) is 3.35. The molecule has 0 amide bonds. The highest BCUT2D eigenvalue weighted by molar-refractivity contribution is 5.26. The van der Waals surface area contributed by atoms with Crippen LogP contribution in [0.15, 0.2) is 23.4 Å². The van der Waals surface area contributed by atoms with Gasteiger partial charge in [0.2, 0.25) is 0 Å². The molecule has 1 heterocycles. The number of aliphatic hydroxyl groups is 1. The van der Waals surface area contributed by atoms with Crippen LogP contribution in [0.4, 0.5) is 13.2 Å². The third kappa shape index (κ3) is 2.01. The molecule has 1 rings (SSSR count). The van der Waals surface area contributed by atoms with Crippen LogP contribution in [0.5, 0.6) is 0 Å². The molecule has 0 saturated carbocycles. The standard InChI is InChI=1S/C7H8F3NO/c8-7(9,10)5-1-2-6(4-12)11-3-5/h1-2,11-12H,3-4H2. The Morgan fingerprint density at radius 3 is 2.42 bits per heavy atom. The normalized spacial score (nSPS) is 18.0. The van der Waals surface area contributed by atoms with Crippen molar-refractivity contribution in [3.63, 3.8) is 0 Å². The van der Waals surface area contributed by atoms with Crippen LogP contribution >= 0.6 is 0 Å². The molecule has 0 unspecified atom stereocenters. The van der Waals surface area contributed by atoms with E-state index in [0.717, 1.165) is 6.08 Å². The van der Waals surface area contributed by atoms with E-state index in [1.807, 2.05) is 0 Å². The van der Waals surface area contributed by atoms with Crippen molar-refractivity contribution in [2.45, 2.75) is 6.18 Å². The number of hydrogen-bond acceptors (Lipinski definition) is 2. The number of aliphatic hydroxyl groups excluding tert-OH is 1. The first-order valence-electron chi connectivity index (χ1n) is 3.35. The Balaban J connectivity index is 2.73. The molecule has 0 saturated heterocycles. The van der Waals surface area contributed by atoms with Crippen LogP contribution < -0.4 is 5.32 Å². The molecule has 0 atom stereocenters. The monoisotopic (exact) mass is 179 g/mol. The van der Waals surface area contributed by atoms with E-state index in [0.29, 0.717) is 5.70 Å². The zero-order valence-electron chi connectivity index (χ0n) is 6.15. The molecule has 0 aromatic rings. The van der Waals surface area contributed by atoms with Crippen LogP contribution in [0.3, 0.4) is 0 Å². The van der Waals surface area contributed by atoms with Gasteiger partial charge in [-0.25, -0.2) is 0 Å². The van der Waals surface area contributed by atoms with Crippen LogP contribution in [-0.4, -0.2) is 24.4 Å². The first kappa shape index (κ1) is 9.12.